The number of amides is 1. The first kappa shape index (κ1) is 46.5. The van der Waals surface area contributed by atoms with Gasteiger partial charge >= 0.3 is 0 Å². The standard InChI is InChI=1S/C48H51N7O13/c1-46(2)65-39-28(24-56)22-35(40(39)66-46)49-26-50-43-38(44(57)52-34-21-18-32(54(58)59)23-36(34)55(60)61)51-27-53(43)45-42-41(67-47(3,4)68-42)37(64-45)25-63-48(29-12-8-6-9-13-29,30-14-10-7-11-15-30)31-16-19-33(62-5)20-17-31/h6-21,23,26-28,35,37,39-42,45,56H,22,24-25H2,1-5H3,(H,49,50)(H,52,57)/t28-,35-,37-,39-,40+,41-,42-,45-/m1/s1. The number of aliphatic imine (C=N–C) groups is 1. The summed E-state index contributed by atoms with van der Waals surface area (Å²) in [7, 11) is 1.61. The summed E-state index contributed by atoms with van der Waals surface area (Å²) in [4.78, 5) is 45.4. The molecule has 3 N–H and O–H groups in total. The Bertz CT molecular complexity index is 2640. The van der Waals surface area contributed by atoms with Crippen molar-refractivity contribution in [2.24, 2.45) is 10.9 Å². The van der Waals surface area contributed by atoms with Crippen LogP contribution in [-0.2, 0) is 34.0 Å². The van der Waals surface area contributed by atoms with E-state index in [1.54, 1.807) is 39.4 Å². The van der Waals surface area contributed by atoms with Gasteiger partial charge in [-0.25, -0.2) is 4.98 Å². The third-order valence-corrected chi connectivity index (χ3v) is 12.6. The molecule has 4 fully saturated rings. The number of anilines is 2. The van der Waals surface area contributed by atoms with E-state index < -0.39 is 81.0 Å². The molecule has 0 radical (unpaired) electrons. The van der Waals surface area contributed by atoms with E-state index in [1.807, 2.05) is 84.9 Å². The second kappa shape index (κ2) is 18.4. The van der Waals surface area contributed by atoms with E-state index in [4.69, 9.17) is 38.2 Å². The molecule has 3 saturated heterocycles. The molecule has 0 unspecified atom stereocenters. The van der Waals surface area contributed by atoms with Crippen LogP contribution in [0.15, 0.2) is 114 Å². The lowest BCUT2D eigenvalue weighted by atomic mass is 9.80. The average Bonchev–Trinajstić information content (AvgIpc) is 4.13. The summed E-state index contributed by atoms with van der Waals surface area (Å²) < 4.78 is 46.6. The third kappa shape index (κ3) is 8.82. The number of nitrogens with zero attached hydrogens (tertiary/aromatic N) is 5. The third-order valence-electron chi connectivity index (χ3n) is 12.6. The second-order valence-electron chi connectivity index (χ2n) is 17.8. The molecule has 68 heavy (non-hydrogen) atoms. The Balaban J connectivity index is 1.07. The van der Waals surface area contributed by atoms with Gasteiger partial charge in [-0.1, -0.05) is 72.8 Å². The Morgan fingerprint density at radius 2 is 1.49 bits per heavy atom. The quantitative estimate of drug-likeness (QED) is 0.0306. The molecule has 4 aliphatic rings. The molecule has 356 valence electrons. The van der Waals surface area contributed by atoms with Crippen molar-refractivity contribution in [3.8, 4) is 5.75 Å². The number of non-ortho nitro benzene ring substituents is 1. The lowest BCUT2D eigenvalue weighted by Crippen LogP contribution is -2.39. The molecule has 1 amide bonds. The first-order valence-corrected chi connectivity index (χ1v) is 22.1. The molecule has 9 rings (SSSR count). The van der Waals surface area contributed by atoms with Crippen LogP contribution in [0.3, 0.4) is 0 Å². The number of nitro groups is 2. The fraction of sp³-hybridized carbons (Fsp3) is 0.396. The number of aliphatic hydroxyl groups is 1. The summed E-state index contributed by atoms with van der Waals surface area (Å²) >= 11 is 0. The van der Waals surface area contributed by atoms with Gasteiger partial charge in [-0.3, -0.25) is 34.6 Å². The van der Waals surface area contributed by atoms with Crippen LogP contribution < -0.4 is 15.4 Å². The normalized spacial score (nSPS) is 25.8. The van der Waals surface area contributed by atoms with Crippen molar-refractivity contribution in [2.45, 2.75) is 94.1 Å². The Morgan fingerprint density at radius 3 is 2.10 bits per heavy atom. The van der Waals surface area contributed by atoms with Gasteiger partial charge in [-0.05, 0) is 69.0 Å². The Hall–Kier alpha value is -6.65. The Kier molecular flexibility index (Phi) is 12.6. The number of aromatic nitrogens is 2. The van der Waals surface area contributed by atoms with E-state index in [2.05, 4.69) is 15.6 Å². The molecule has 1 saturated carbocycles. The highest BCUT2D eigenvalue weighted by atomic mass is 16.8. The number of hydrogen-bond acceptors (Lipinski definition) is 15. The van der Waals surface area contributed by atoms with E-state index in [0.29, 0.717) is 12.2 Å². The van der Waals surface area contributed by atoms with E-state index in [-0.39, 0.29) is 42.4 Å². The lowest BCUT2D eigenvalue weighted by molar-refractivity contribution is -0.393. The SMILES string of the molecule is COc1ccc(C(OC[C@H]2O[C@@H](n3cnc(C(=O)Nc4ccc([N+](=O)[O-])cc4[N+](=O)[O-])c3NC=N[C@@H]3C[C@H](CO)[C@H]4OC(C)(C)O[C@H]43)[C@@H]3OC(C)(C)O[C@@H]32)(c2ccccc2)c2ccccc2)cc1. The monoisotopic (exact) mass is 933 g/mol. The molecule has 0 spiro atoms. The molecule has 1 aliphatic carbocycles. The van der Waals surface area contributed by atoms with Crippen LogP contribution in [0, 0.1) is 26.1 Å². The number of imidazole rings is 1. The number of benzene rings is 4. The first-order valence-electron chi connectivity index (χ1n) is 22.1. The summed E-state index contributed by atoms with van der Waals surface area (Å²) in [5, 5.41) is 39.3. The molecule has 5 aromatic rings. The maximum atomic E-state index is 14.2. The highest BCUT2D eigenvalue weighted by Gasteiger charge is 2.57. The summed E-state index contributed by atoms with van der Waals surface area (Å²) in [5.74, 6) is -2.35. The van der Waals surface area contributed by atoms with Crippen molar-refractivity contribution in [3.05, 3.63) is 152 Å². The van der Waals surface area contributed by atoms with E-state index in [1.165, 1.54) is 12.7 Å². The highest BCUT2D eigenvalue weighted by Crippen LogP contribution is 2.48. The number of methoxy groups -OCH3 is 1. The fourth-order valence-electron chi connectivity index (χ4n) is 9.66. The molecular formula is C48H51N7O13. The first-order chi connectivity index (χ1) is 32.6. The number of aliphatic hydroxyl groups excluding tert-OH is 1. The zero-order valence-electron chi connectivity index (χ0n) is 37.8. The molecule has 20 nitrogen and oxygen atoms in total. The van der Waals surface area contributed by atoms with Crippen molar-refractivity contribution in [2.75, 3.05) is 31.0 Å². The van der Waals surface area contributed by atoms with Crippen LogP contribution in [-0.4, -0.2) is 105 Å². The van der Waals surface area contributed by atoms with Gasteiger partial charge < -0.3 is 48.9 Å². The number of fused-ring (bicyclic) bond motifs is 2. The average molecular weight is 934 g/mol. The largest absolute Gasteiger partial charge is 0.497 e. The van der Waals surface area contributed by atoms with Crippen LogP contribution in [0.2, 0.25) is 0 Å². The van der Waals surface area contributed by atoms with E-state index in [0.717, 1.165) is 34.9 Å². The molecular weight excluding hydrogens is 883 g/mol. The van der Waals surface area contributed by atoms with Gasteiger partial charge in [0.05, 0.1) is 54.4 Å². The predicted molar refractivity (Wildman–Crippen MR) is 244 cm³/mol. The number of nitrogens with one attached hydrogen (secondary N) is 2. The number of hydrogen-bond donors (Lipinski definition) is 3. The van der Waals surface area contributed by atoms with Crippen molar-refractivity contribution in [1.29, 1.82) is 0 Å². The predicted octanol–water partition coefficient (Wildman–Crippen LogP) is 6.73. The molecule has 8 atom stereocenters. The minimum absolute atomic E-state index is 0.0162. The smallest absolute Gasteiger partial charge is 0.299 e. The number of ether oxygens (including phenoxy) is 7. The van der Waals surface area contributed by atoms with Crippen molar-refractivity contribution in [3.63, 3.8) is 0 Å². The van der Waals surface area contributed by atoms with Crippen LogP contribution in [0.25, 0.3) is 0 Å². The van der Waals surface area contributed by atoms with E-state index >= 15 is 0 Å². The van der Waals surface area contributed by atoms with Crippen molar-refractivity contribution in [1.82, 2.24) is 9.55 Å². The maximum absolute atomic E-state index is 14.2. The van der Waals surface area contributed by atoms with Gasteiger partial charge in [0.25, 0.3) is 17.3 Å². The van der Waals surface area contributed by atoms with E-state index in [9.17, 15) is 30.1 Å². The number of nitro benzene ring substituents is 2. The fourth-order valence-corrected chi connectivity index (χ4v) is 9.66. The number of carbonyl (C=O) groups excluding carboxylic acids is 1. The van der Waals surface area contributed by atoms with Crippen LogP contribution >= 0.6 is 0 Å². The summed E-state index contributed by atoms with van der Waals surface area (Å²) in [6.45, 7) is 7.02. The highest BCUT2D eigenvalue weighted by molar-refractivity contribution is 6.08. The molecule has 3 aliphatic heterocycles. The van der Waals surface area contributed by atoms with Gasteiger partial charge in [0, 0.05) is 18.6 Å². The Labute approximate surface area is 390 Å². The van der Waals surface area contributed by atoms with Crippen LogP contribution in [0.5, 0.6) is 5.75 Å². The molecule has 20 heteroatoms. The number of rotatable bonds is 16. The second-order valence-corrected chi connectivity index (χ2v) is 17.8. The maximum Gasteiger partial charge on any atom is 0.299 e. The molecule has 4 heterocycles. The van der Waals surface area contributed by atoms with Gasteiger partial charge in [0.15, 0.2) is 23.5 Å². The molecule has 1 aromatic heterocycles. The molecule has 0 bridgehead atoms. The van der Waals surface area contributed by atoms with Gasteiger partial charge in [-0.2, -0.15) is 0 Å². The zero-order valence-corrected chi connectivity index (χ0v) is 37.8. The summed E-state index contributed by atoms with van der Waals surface area (Å²) in [6.07, 6.45) is -0.888. The topological polar surface area (TPSA) is 242 Å². The van der Waals surface area contributed by atoms with Crippen molar-refractivity contribution < 1.29 is 52.9 Å². The summed E-state index contributed by atoms with van der Waals surface area (Å²) in [5.41, 5.74) is -0.368. The lowest BCUT2D eigenvalue weighted by Gasteiger charge is -2.37. The Morgan fingerprint density at radius 1 is 0.868 bits per heavy atom. The van der Waals surface area contributed by atoms with Gasteiger partial charge in [-0.15, -0.1) is 0 Å². The van der Waals surface area contributed by atoms with Gasteiger partial charge in [0.1, 0.15) is 47.3 Å². The number of carbonyl (C=O) groups is 1. The minimum Gasteiger partial charge on any atom is -0.497 e. The van der Waals surface area contributed by atoms with Crippen LogP contribution in [0.1, 0.15) is 67.5 Å². The summed E-state index contributed by atoms with van der Waals surface area (Å²) in [6, 6.07) is 29.8. The minimum atomic E-state index is -1.15. The zero-order chi connectivity index (χ0) is 48.0. The van der Waals surface area contributed by atoms with Gasteiger partial charge in [0.2, 0.25) is 0 Å². The van der Waals surface area contributed by atoms with Crippen molar-refractivity contribution >= 4 is 35.1 Å². The molecule has 4 aromatic carbocycles. The van der Waals surface area contributed by atoms with Crippen LogP contribution in [0.4, 0.5) is 22.9 Å².